The van der Waals surface area contributed by atoms with Crippen molar-refractivity contribution in [2.24, 2.45) is 5.92 Å². The van der Waals surface area contributed by atoms with Gasteiger partial charge in [0.25, 0.3) is 0 Å². The number of carboxylic acids is 1. The molecule has 1 atom stereocenters. The van der Waals surface area contributed by atoms with Gasteiger partial charge in [-0.2, -0.15) is 4.31 Å². The molecular weight excluding hydrogens is 370 g/mol. The number of benzene rings is 1. The first-order chi connectivity index (χ1) is 11.7. The van der Waals surface area contributed by atoms with Crippen molar-refractivity contribution in [3.8, 4) is 5.75 Å². The molecule has 140 valence electrons. The molecule has 0 amide bonds. The molecule has 0 saturated carbocycles. The van der Waals surface area contributed by atoms with E-state index in [0.717, 1.165) is 4.31 Å². The predicted molar refractivity (Wildman–Crippen MR) is 90.8 cm³/mol. The molecule has 0 aliphatic carbocycles. The molecule has 25 heavy (non-hydrogen) atoms. The summed E-state index contributed by atoms with van der Waals surface area (Å²) in [5.41, 5.74) is 0. The number of carboxylic acid groups (broad SMARTS) is 1. The second-order valence-electron chi connectivity index (χ2n) is 5.74. The Bertz CT molecular complexity index is 816. The number of ether oxygens (including phenoxy) is 1. The SMILES string of the molecule is CCS(=O)(=O)CCOc1ccc(S(=O)(=O)N2CCC(C(=O)O)C2)cc1. The Morgan fingerprint density at radius 3 is 2.40 bits per heavy atom. The van der Waals surface area contributed by atoms with E-state index in [4.69, 9.17) is 9.84 Å². The highest BCUT2D eigenvalue weighted by atomic mass is 32.2. The lowest BCUT2D eigenvalue weighted by Crippen LogP contribution is -2.30. The summed E-state index contributed by atoms with van der Waals surface area (Å²) in [4.78, 5) is 11.0. The zero-order chi connectivity index (χ0) is 18.7. The zero-order valence-corrected chi connectivity index (χ0v) is 15.4. The van der Waals surface area contributed by atoms with Crippen molar-refractivity contribution in [3.63, 3.8) is 0 Å². The number of sulfonamides is 1. The summed E-state index contributed by atoms with van der Waals surface area (Å²) in [5.74, 6) is -1.37. The molecule has 10 heteroatoms. The summed E-state index contributed by atoms with van der Waals surface area (Å²) in [6, 6.07) is 5.65. The molecule has 0 radical (unpaired) electrons. The van der Waals surface area contributed by atoms with Gasteiger partial charge in [-0.05, 0) is 30.7 Å². The summed E-state index contributed by atoms with van der Waals surface area (Å²) in [5, 5.41) is 8.98. The van der Waals surface area contributed by atoms with Crippen LogP contribution in [0.4, 0.5) is 0 Å². The van der Waals surface area contributed by atoms with Crippen molar-refractivity contribution in [1.29, 1.82) is 0 Å². The highest BCUT2D eigenvalue weighted by molar-refractivity contribution is 7.91. The first-order valence-electron chi connectivity index (χ1n) is 7.82. The minimum atomic E-state index is -3.75. The molecule has 1 aliphatic rings. The first kappa shape index (κ1) is 19.7. The van der Waals surface area contributed by atoms with Crippen molar-refractivity contribution in [2.45, 2.75) is 18.2 Å². The van der Waals surface area contributed by atoms with Crippen LogP contribution in [0.1, 0.15) is 13.3 Å². The molecule has 1 fully saturated rings. The van der Waals surface area contributed by atoms with Crippen molar-refractivity contribution < 1.29 is 31.5 Å². The second kappa shape index (κ2) is 7.71. The Labute approximate surface area is 147 Å². The van der Waals surface area contributed by atoms with Gasteiger partial charge in [-0.3, -0.25) is 4.79 Å². The average molecular weight is 391 g/mol. The Balaban J connectivity index is 2.00. The van der Waals surface area contributed by atoms with Gasteiger partial charge in [-0.15, -0.1) is 0 Å². The summed E-state index contributed by atoms with van der Waals surface area (Å²) in [7, 11) is -6.87. The van der Waals surface area contributed by atoms with Crippen LogP contribution in [0.5, 0.6) is 5.75 Å². The minimum Gasteiger partial charge on any atom is -0.493 e. The Kier molecular flexibility index (Phi) is 6.07. The lowest BCUT2D eigenvalue weighted by Gasteiger charge is -2.16. The highest BCUT2D eigenvalue weighted by Gasteiger charge is 2.35. The van der Waals surface area contributed by atoms with Gasteiger partial charge < -0.3 is 9.84 Å². The van der Waals surface area contributed by atoms with E-state index in [1.54, 1.807) is 6.92 Å². The van der Waals surface area contributed by atoms with Crippen molar-refractivity contribution >= 4 is 25.8 Å². The van der Waals surface area contributed by atoms with Gasteiger partial charge >= 0.3 is 5.97 Å². The van der Waals surface area contributed by atoms with Crippen molar-refractivity contribution in [2.75, 3.05) is 31.2 Å². The van der Waals surface area contributed by atoms with E-state index in [1.807, 2.05) is 0 Å². The largest absolute Gasteiger partial charge is 0.493 e. The molecule has 8 nitrogen and oxygen atoms in total. The van der Waals surface area contributed by atoms with E-state index >= 15 is 0 Å². The third-order valence-corrected chi connectivity index (χ3v) is 7.61. The lowest BCUT2D eigenvalue weighted by atomic mass is 10.1. The van der Waals surface area contributed by atoms with Crippen LogP contribution < -0.4 is 4.74 Å². The van der Waals surface area contributed by atoms with Gasteiger partial charge in [0.1, 0.15) is 12.4 Å². The monoisotopic (exact) mass is 391 g/mol. The normalized spacial score (nSPS) is 19.0. The summed E-state index contributed by atoms with van der Waals surface area (Å²) < 4.78 is 54.3. The number of nitrogens with zero attached hydrogens (tertiary/aromatic N) is 1. The molecule has 0 aromatic heterocycles. The lowest BCUT2D eigenvalue weighted by molar-refractivity contribution is -0.141. The van der Waals surface area contributed by atoms with Gasteiger partial charge in [0.15, 0.2) is 9.84 Å². The maximum absolute atomic E-state index is 12.5. The van der Waals surface area contributed by atoms with Gasteiger partial charge in [0, 0.05) is 18.8 Å². The van der Waals surface area contributed by atoms with Gasteiger partial charge in [-0.25, -0.2) is 16.8 Å². The van der Waals surface area contributed by atoms with Gasteiger partial charge in [0.05, 0.1) is 16.6 Å². The fourth-order valence-corrected chi connectivity index (χ4v) is 4.56. The van der Waals surface area contributed by atoms with Crippen LogP contribution in [0.25, 0.3) is 0 Å². The van der Waals surface area contributed by atoms with Crippen LogP contribution in [0.15, 0.2) is 29.2 Å². The minimum absolute atomic E-state index is 0.00527. The fraction of sp³-hybridized carbons (Fsp3) is 0.533. The van der Waals surface area contributed by atoms with Crippen LogP contribution >= 0.6 is 0 Å². The molecule has 1 aliphatic heterocycles. The van der Waals surface area contributed by atoms with Crippen molar-refractivity contribution in [1.82, 2.24) is 4.31 Å². The zero-order valence-electron chi connectivity index (χ0n) is 13.8. The molecule has 0 bridgehead atoms. The van der Waals surface area contributed by atoms with E-state index in [0.29, 0.717) is 12.2 Å². The number of hydrogen-bond donors (Lipinski definition) is 1. The third-order valence-electron chi connectivity index (χ3n) is 4.06. The van der Waals surface area contributed by atoms with E-state index in [1.165, 1.54) is 24.3 Å². The van der Waals surface area contributed by atoms with Crippen LogP contribution in [0, 0.1) is 5.92 Å². The van der Waals surface area contributed by atoms with Crippen LogP contribution in [-0.4, -0.2) is 63.4 Å². The van der Waals surface area contributed by atoms with E-state index < -0.39 is 31.7 Å². The Morgan fingerprint density at radius 1 is 1.24 bits per heavy atom. The summed E-state index contributed by atoms with van der Waals surface area (Å²) >= 11 is 0. The molecule has 1 N–H and O–H groups in total. The number of carbonyl (C=O) groups is 1. The number of rotatable bonds is 8. The molecule has 1 aromatic carbocycles. The average Bonchev–Trinajstić information content (AvgIpc) is 3.06. The topological polar surface area (TPSA) is 118 Å². The molecule has 1 aromatic rings. The third kappa shape index (κ3) is 4.93. The maximum Gasteiger partial charge on any atom is 0.307 e. The van der Waals surface area contributed by atoms with Crippen LogP contribution in [0.2, 0.25) is 0 Å². The van der Waals surface area contributed by atoms with Crippen LogP contribution in [0.3, 0.4) is 0 Å². The maximum atomic E-state index is 12.5. The fourth-order valence-electron chi connectivity index (χ4n) is 2.44. The van der Waals surface area contributed by atoms with Crippen molar-refractivity contribution in [3.05, 3.63) is 24.3 Å². The Hall–Kier alpha value is -1.65. The summed E-state index contributed by atoms with van der Waals surface area (Å²) in [6.07, 6.45) is 0.293. The summed E-state index contributed by atoms with van der Waals surface area (Å²) in [6.45, 7) is 1.69. The van der Waals surface area contributed by atoms with E-state index in [-0.39, 0.29) is 36.1 Å². The molecule has 1 unspecified atom stereocenters. The smallest absolute Gasteiger partial charge is 0.307 e. The number of sulfone groups is 1. The van der Waals surface area contributed by atoms with E-state index in [9.17, 15) is 21.6 Å². The number of aliphatic carboxylic acids is 1. The molecule has 0 spiro atoms. The Morgan fingerprint density at radius 2 is 1.88 bits per heavy atom. The predicted octanol–water partition coefficient (Wildman–Crippen LogP) is 0.595. The quantitative estimate of drug-likeness (QED) is 0.689. The first-order valence-corrected chi connectivity index (χ1v) is 11.1. The molecule has 1 saturated heterocycles. The van der Waals surface area contributed by atoms with Crippen LogP contribution in [-0.2, 0) is 24.7 Å². The van der Waals surface area contributed by atoms with Gasteiger partial charge in [0.2, 0.25) is 10.0 Å². The second-order valence-corrected chi connectivity index (χ2v) is 10.2. The molecular formula is C15H21NO7S2. The standard InChI is InChI=1S/C15H21NO7S2/c1-2-24(19,20)10-9-23-13-3-5-14(6-4-13)25(21,22)16-8-7-12(11-16)15(17)18/h3-6,12H,2,7-11H2,1H3,(H,17,18). The van der Waals surface area contributed by atoms with Gasteiger partial charge in [-0.1, -0.05) is 6.92 Å². The molecule has 1 heterocycles. The molecule has 2 rings (SSSR count). The number of hydrogen-bond acceptors (Lipinski definition) is 6. The van der Waals surface area contributed by atoms with E-state index in [2.05, 4.69) is 0 Å². The highest BCUT2D eigenvalue weighted by Crippen LogP contribution is 2.25.